The number of rotatable bonds is 7. The van der Waals surface area contributed by atoms with Gasteiger partial charge in [-0.1, -0.05) is 48.0 Å². The molecule has 7 heteroatoms. The summed E-state index contributed by atoms with van der Waals surface area (Å²) in [6.45, 7) is 2.86. The predicted molar refractivity (Wildman–Crippen MR) is 143 cm³/mol. The van der Waals surface area contributed by atoms with Crippen LogP contribution in [0.2, 0.25) is 5.02 Å². The van der Waals surface area contributed by atoms with E-state index in [1.807, 2.05) is 36.4 Å². The van der Waals surface area contributed by atoms with Crippen LogP contribution in [0.5, 0.6) is 11.5 Å². The molecule has 172 valence electrons. The minimum atomic E-state index is 0. The summed E-state index contributed by atoms with van der Waals surface area (Å²) in [5.41, 5.74) is 5.55. The highest BCUT2D eigenvalue weighted by Gasteiger charge is 2.11. The van der Waals surface area contributed by atoms with Gasteiger partial charge in [-0.3, -0.25) is 0 Å². The summed E-state index contributed by atoms with van der Waals surface area (Å²) in [6.07, 6.45) is 0.832. The Balaban J connectivity index is 0.00000306. The van der Waals surface area contributed by atoms with Gasteiger partial charge < -0.3 is 14.0 Å². The molecule has 0 aliphatic heterocycles. The van der Waals surface area contributed by atoms with E-state index in [2.05, 4.69) is 47.2 Å². The summed E-state index contributed by atoms with van der Waals surface area (Å²) in [4.78, 5) is 5.95. The summed E-state index contributed by atoms with van der Waals surface area (Å²) in [7, 11) is 3.31. The van der Waals surface area contributed by atoms with Gasteiger partial charge in [0.15, 0.2) is 16.3 Å². The molecule has 0 fully saturated rings. The zero-order chi connectivity index (χ0) is 22.5. The van der Waals surface area contributed by atoms with Crippen LogP contribution in [0.15, 0.2) is 77.1 Å². The van der Waals surface area contributed by atoms with E-state index in [0.717, 1.165) is 56.8 Å². The van der Waals surface area contributed by atoms with Crippen molar-refractivity contribution in [2.75, 3.05) is 14.2 Å². The largest absolute Gasteiger partial charge is 0.493 e. The summed E-state index contributed by atoms with van der Waals surface area (Å²) in [5.74, 6) is 1.47. The maximum absolute atomic E-state index is 6.12. The van der Waals surface area contributed by atoms with Crippen LogP contribution >= 0.6 is 39.9 Å². The molecule has 0 aliphatic rings. The van der Waals surface area contributed by atoms with Crippen molar-refractivity contribution in [1.29, 1.82) is 0 Å². The summed E-state index contributed by atoms with van der Waals surface area (Å²) >= 11 is 7.76. The number of nitrogens with zero attached hydrogens (tertiary/aromatic N) is 2. The third kappa shape index (κ3) is 5.88. The molecule has 1 aromatic heterocycles. The molecule has 0 bridgehead atoms. The van der Waals surface area contributed by atoms with Crippen LogP contribution in [0, 0.1) is 6.92 Å². The third-order valence-corrected chi connectivity index (χ3v) is 6.46. The monoisotopic (exact) mass is 544 g/mol. The lowest BCUT2D eigenvalue weighted by Crippen LogP contribution is -2.17. The Hall–Kier alpha value is -2.54. The highest BCUT2D eigenvalue weighted by molar-refractivity contribution is 8.93. The zero-order valence-corrected chi connectivity index (χ0v) is 22.0. The average molecular weight is 546 g/mol. The minimum Gasteiger partial charge on any atom is -0.493 e. The van der Waals surface area contributed by atoms with Crippen LogP contribution in [-0.2, 0) is 13.0 Å². The Morgan fingerprint density at radius 1 is 0.939 bits per heavy atom. The van der Waals surface area contributed by atoms with Gasteiger partial charge in [0.1, 0.15) is 0 Å². The number of aromatic nitrogens is 1. The van der Waals surface area contributed by atoms with Crippen LogP contribution in [-0.4, -0.2) is 18.8 Å². The maximum atomic E-state index is 6.12. The van der Waals surface area contributed by atoms with Crippen molar-refractivity contribution < 1.29 is 9.47 Å². The third-order valence-electron chi connectivity index (χ3n) is 5.34. The fraction of sp³-hybridized carbons (Fsp3) is 0.192. The number of methoxy groups -OCH3 is 2. The number of halogens is 2. The lowest BCUT2D eigenvalue weighted by molar-refractivity contribution is 0.354. The van der Waals surface area contributed by atoms with E-state index < -0.39 is 0 Å². The van der Waals surface area contributed by atoms with Crippen LogP contribution in [0.4, 0.5) is 5.69 Å². The summed E-state index contributed by atoms with van der Waals surface area (Å²) < 4.78 is 13.1. The lowest BCUT2D eigenvalue weighted by atomic mass is 10.1. The molecular formula is C26H26BrClN2O2S. The number of para-hydroxylation sites is 1. The molecule has 0 saturated heterocycles. The van der Waals surface area contributed by atoms with Gasteiger partial charge in [-0.25, -0.2) is 4.99 Å². The first kappa shape index (κ1) is 25.1. The average Bonchev–Trinajstić information content (AvgIpc) is 3.21. The van der Waals surface area contributed by atoms with Gasteiger partial charge in [0.05, 0.1) is 25.6 Å². The summed E-state index contributed by atoms with van der Waals surface area (Å²) in [5, 5.41) is 2.89. The predicted octanol–water partition coefficient (Wildman–Crippen LogP) is 7.25. The fourth-order valence-electron chi connectivity index (χ4n) is 3.56. The molecule has 0 radical (unpaired) electrons. The molecule has 0 amide bonds. The normalized spacial score (nSPS) is 11.2. The van der Waals surface area contributed by atoms with Gasteiger partial charge in [0.25, 0.3) is 0 Å². The van der Waals surface area contributed by atoms with E-state index in [1.54, 1.807) is 25.6 Å². The fourth-order valence-corrected chi connectivity index (χ4v) is 4.63. The second-order valence-electron chi connectivity index (χ2n) is 7.40. The van der Waals surface area contributed by atoms with Crippen molar-refractivity contribution in [2.45, 2.75) is 19.9 Å². The standard InChI is InChI=1S/C26H25ClN2O2S.BrH/c1-18-6-4-5-7-22(18)28-26-29(23(17-32-26)20-9-11-21(27)12-10-20)15-14-19-8-13-24(30-2)25(16-19)31-3;/h4-13,16-17H,14-15H2,1-3H3;1H. The molecule has 4 nitrogen and oxygen atoms in total. The van der Waals surface area contributed by atoms with Crippen LogP contribution in [0.1, 0.15) is 11.1 Å². The zero-order valence-electron chi connectivity index (χ0n) is 18.7. The van der Waals surface area contributed by atoms with E-state index in [9.17, 15) is 0 Å². The molecule has 4 rings (SSSR count). The SMILES string of the molecule is Br.COc1ccc(CCn2c(-c3ccc(Cl)cc3)csc2=Nc2ccccc2C)cc1OC. The molecule has 0 spiro atoms. The molecule has 1 heterocycles. The quantitative estimate of drug-likeness (QED) is 0.245. The Kier molecular flexibility index (Phi) is 8.78. The first-order valence-electron chi connectivity index (χ1n) is 10.3. The van der Waals surface area contributed by atoms with Gasteiger partial charge in [-0.2, -0.15) is 0 Å². The molecular weight excluding hydrogens is 520 g/mol. The molecule has 33 heavy (non-hydrogen) atoms. The van der Waals surface area contributed by atoms with E-state index in [0.29, 0.717) is 0 Å². The summed E-state index contributed by atoms with van der Waals surface area (Å²) in [6, 6.07) is 22.2. The van der Waals surface area contributed by atoms with Crippen molar-refractivity contribution in [2.24, 2.45) is 4.99 Å². The number of thiazole rings is 1. The molecule has 0 atom stereocenters. The van der Waals surface area contributed by atoms with Crippen molar-refractivity contribution in [3.05, 3.63) is 93.1 Å². The van der Waals surface area contributed by atoms with E-state index in [-0.39, 0.29) is 17.0 Å². The van der Waals surface area contributed by atoms with Crippen LogP contribution in [0.3, 0.4) is 0 Å². The highest BCUT2D eigenvalue weighted by Crippen LogP contribution is 2.28. The minimum absolute atomic E-state index is 0. The number of aryl methyl sites for hydroxylation is 2. The Labute approximate surface area is 213 Å². The number of ether oxygens (including phenoxy) is 2. The molecule has 0 aliphatic carbocycles. The first-order chi connectivity index (χ1) is 15.6. The van der Waals surface area contributed by atoms with Gasteiger partial charge in [0, 0.05) is 16.9 Å². The van der Waals surface area contributed by atoms with Crippen LogP contribution < -0.4 is 14.3 Å². The van der Waals surface area contributed by atoms with Crippen molar-refractivity contribution in [3.8, 4) is 22.8 Å². The second-order valence-corrected chi connectivity index (χ2v) is 8.67. The van der Waals surface area contributed by atoms with Crippen molar-refractivity contribution in [3.63, 3.8) is 0 Å². The number of benzene rings is 3. The van der Waals surface area contributed by atoms with Crippen molar-refractivity contribution in [1.82, 2.24) is 4.57 Å². The van der Waals surface area contributed by atoms with E-state index in [4.69, 9.17) is 26.1 Å². The number of hydrogen-bond acceptors (Lipinski definition) is 4. The molecule has 0 unspecified atom stereocenters. The first-order valence-corrected chi connectivity index (χ1v) is 11.6. The maximum Gasteiger partial charge on any atom is 0.190 e. The molecule has 0 saturated carbocycles. The van der Waals surface area contributed by atoms with Gasteiger partial charge in [0.2, 0.25) is 0 Å². The highest BCUT2D eigenvalue weighted by atomic mass is 79.9. The second kappa shape index (κ2) is 11.5. The number of hydrogen-bond donors (Lipinski definition) is 0. The van der Waals surface area contributed by atoms with E-state index >= 15 is 0 Å². The smallest absolute Gasteiger partial charge is 0.190 e. The molecule has 4 aromatic rings. The topological polar surface area (TPSA) is 35.8 Å². The molecule has 0 N–H and O–H groups in total. The Bertz CT molecular complexity index is 1280. The van der Waals surface area contributed by atoms with Crippen molar-refractivity contribution >= 4 is 45.6 Å². The lowest BCUT2D eigenvalue weighted by Gasteiger charge is -2.12. The van der Waals surface area contributed by atoms with Gasteiger partial charge in [-0.15, -0.1) is 28.3 Å². The Morgan fingerprint density at radius 3 is 2.36 bits per heavy atom. The Morgan fingerprint density at radius 2 is 1.67 bits per heavy atom. The van der Waals surface area contributed by atoms with Crippen LogP contribution in [0.25, 0.3) is 11.3 Å². The van der Waals surface area contributed by atoms with E-state index in [1.165, 1.54) is 5.56 Å². The molecule has 3 aromatic carbocycles. The van der Waals surface area contributed by atoms with Gasteiger partial charge in [-0.05, 0) is 60.4 Å². The van der Waals surface area contributed by atoms with Gasteiger partial charge >= 0.3 is 0 Å².